The number of anilines is 1. The summed E-state index contributed by atoms with van der Waals surface area (Å²) >= 11 is 8.22. The maximum Gasteiger partial charge on any atom is 0.339 e. The molecule has 150 valence electrons. The zero-order chi connectivity index (χ0) is 21.0. The molecule has 3 rings (SSSR count). The minimum atomic E-state index is -0.613. The highest BCUT2D eigenvalue weighted by Crippen LogP contribution is 2.32. The second-order valence-electron chi connectivity index (χ2n) is 5.75. The normalized spacial score (nSPS) is 15.1. The molecule has 1 aromatic heterocycles. The number of hydrogen-bond acceptors (Lipinski definition) is 7. The van der Waals surface area contributed by atoms with E-state index in [1.165, 1.54) is 29.5 Å². The highest BCUT2D eigenvalue weighted by Gasteiger charge is 2.36. The predicted molar refractivity (Wildman–Crippen MR) is 113 cm³/mol. The molecule has 1 aliphatic heterocycles. The first kappa shape index (κ1) is 21.1. The molecule has 7 nitrogen and oxygen atoms in total. The average Bonchev–Trinajstić information content (AvgIpc) is 3.28. The number of rotatable bonds is 6. The van der Waals surface area contributed by atoms with Gasteiger partial charge in [-0.05, 0) is 54.4 Å². The number of thiophene rings is 1. The van der Waals surface area contributed by atoms with Crippen LogP contribution in [0.1, 0.15) is 22.2 Å². The molecule has 1 fully saturated rings. The molecule has 1 N–H and O–H groups in total. The molecule has 0 spiro atoms. The Kier molecular flexibility index (Phi) is 6.73. The van der Waals surface area contributed by atoms with Crippen molar-refractivity contribution in [3.05, 3.63) is 56.1 Å². The zero-order valence-corrected chi connectivity index (χ0v) is 17.5. The minimum absolute atomic E-state index is 0.108. The fourth-order valence-corrected chi connectivity index (χ4v) is 4.21. The molecule has 0 aliphatic carbocycles. The first-order chi connectivity index (χ1) is 13.9. The summed E-state index contributed by atoms with van der Waals surface area (Å²) in [4.78, 5) is 50.8. The number of carbonyl (C=O) groups is 4. The Bertz CT molecular complexity index is 1000. The van der Waals surface area contributed by atoms with Crippen LogP contribution in [-0.4, -0.2) is 41.1 Å². The number of thioether (sulfide) groups is 1. The summed E-state index contributed by atoms with van der Waals surface area (Å²) in [7, 11) is 0. The van der Waals surface area contributed by atoms with Crippen molar-refractivity contribution in [3.8, 4) is 0 Å². The van der Waals surface area contributed by atoms with Crippen LogP contribution in [0, 0.1) is 0 Å². The Morgan fingerprint density at radius 2 is 2.07 bits per heavy atom. The van der Waals surface area contributed by atoms with E-state index >= 15 is 0 Å². The van der Waals surface area contributed by atoms with E-state index in [-0.39, 0.29) is 22.1 Å². The van der Waals surface area contributed by atoms with Gasteiger partial charge in [-0.25, -0.2) is 4.79 Å². The van der Waals surface area contributed by atoms with Gasteiger partial charge in [0.25, 0.3) is 11.1 Å². The van der Waals surface area contributed by atoms with Crippen molar-refractivity contribution in [3.63, 3.8) is 0 Å². The fraction of sp³-hybridized carbons (Fsp3) is 0.158. The molecule has 10 heteroatoms. The van der Waals surface area contributed by atoms with Crippen LogP contribution in [0.15, 0.2) is 40.6 Å². The largest absolute Gasteiger partial charge is 0.462 e. The van der Waals surface area contributed by atoms with Crippen LogP contribution in [0.3, 0.4) is 0 Å². The number of ether oxygens (including phenoxy) is 1. The third kappa shape index (κ3) is 5.06. The van der Waals surface area contributed by atoms with Crippen LogP contribution in [0.4, 0.5) is 10.5 Å². The van der Waals surface area contributed by atoms with Gasteiger partial charge in [0.1, 0.15) is 6.54 Å². The minimum Gasteiger partial charge on any atom is -0.462 e. The molecule has 29 heavy (non-hydrogen) atoms. The van der Waals surface area contributed by atoms with Gasteiger partial charge in [0.15, 0.2) is 0 Å². The van der Waals surface area contributed by atoms with Gasteiger partial charge in [-0.3, -0.25) is 19.3 Å². The van der Waals surface area contributed by atoms with Gasteiger partial charge < -0.3 is 10.1 Å². The van der Waals surface area contributed by atoms with Crippen LogP contribution in [0.2, 0.25) is 5.02 Å². The van der Waals surface area contributed by atoms with Gasteiger partial charge in [0, 0.05) is 10.6 Å². The molecule has 1 aliphatic rings. The Hall–Kier alpha value is -2.62. The fourth-order valence-electron chi connectivity index (χ4n) is 2.45. The van der Waals surface area contributed by atoms with E-state index in [4.69, 9.17) is 16.3 Å². The molecule has 0 bridgehead atoms. The highest BCUT2D eigenvalue weighted by atomic mass is 35.5. The summed E-state index contributed by atoms with van der Waals surface area (Å²) in [5.74, 6) is -1.72. The Morgan fingerprint density at radius 3 is 2.76 bits per heavy atom. The third-order valence-electron chi connectivity index (χ3n) is 3.74. The van der Waals surface area contributed by atoms with Crippen molar-refractivity contribution in [1.82, 2.24) is 4.90 Å². The molecule has 0 radical (unpaired) electrons. The second kappa shape index (κ2) is 9.25. The maximum atomic E-state index is 12.5. The van der Waals surface area contributed by atoms with Crippen molar-refractivity contribution in [1.29, 1.82) is 0 Å². The van der Waals surface area contributed by atoms with Crippen LogP contribution in [-0.2, 0) is 14.3 Å². The second-order valence-corrected chi connectivity index (χ2v) is 8.13. The predicted octanol–water partition coefficient (Wildman–Crippen LogP) is 4.25. The van der Waals surface area contributed by atoms with Crippen LogP contribution < -0.4 is 5.32 Å². The quantitative estimate of drug-likeness (QED) is 0.522. The van der Waals surface area contributed by atoms with Crippen molar-refractivity contribution < 1.29 is 23.9 Å². The molecule has 2 aromatic rings. The number of halogens is 1. The molecular weight excluding hydrogens is 436 g/mol. The van der Waals surface area contributed by atoms with Crippen molar-refractivity contribution in [2.75, 3.05) is 18.5 Å². The number of amides is 3. The van der Waals surface area contributed by atoms with E-state index in [1.54, 1.807) is 13.0 Å². The molecule has 2 heterocycles. The van der Waals surface area contributed by atoms with E-state index in [0.717, 1.165) is 21.5 Å². The lowest BCUT2D eigenvalue weighted by Crippen LogP contribution is -2.36. The molecule has 1 aromatic carbocycles. The lowest BCUT2D eigenvalue weighted by atomic mass is 10.2. The van der Waals surface area contributed by atoms with E-state index in [1.807, 2.05) is 17.5 Å². The summed E-state index contributed by atoms with van der Waals surface area (Å²) in [6.45, 7) is 1.41. The van der Waals surface area contributed by atoms with Crippen molar-refractivity contribution >= 4 is 69.5 Å². The van der Waals surface area contributed by atoms with Crippen LogP contribution >= 0.6 is 34.7 Å². The number of nitrogens with one attached hydrogen (secondary N) is 1. The summed E-state index contributed by atoms with van der Waals surface area (Å²) in [6.07, 6.45) is 1.62. The SMILES string of the molecule is CCOC(=O)c1cc(NC(=O)CN2C(=O)S/C(=C/c3cccs3)C2=O)ccc1Cl. The van der Waals surface area contributed by atoms with Gasteiger partial charge in [-0.2, -0.15) is 0 Å². The zero-order valence-electron chi connectivity index (χ0n) is 15.1. The van der Waals surface area contributed by atoms with Crippen molar-refractivity contribution in [2.45, 2.75) is 6.92 Å². The summed E-state index contributed by atoms with van der Waals surface area (Å²) < 4.78 is 4.92. The molecule has 0 saturated carbocycles. The highest BCUT2D eigenvalue weighted by molar-refractivity contribution is 8.18. The van der Waals surface area contributed by atoms with Gasteiger partial charge >= 0.3 is 5.97 Å². The Labute approximate surface area is 179 Å². The van der Waals surface area contributed by atoms with Gasteiger partial charge in [-0.1, -0.05) is 17.7 Å². The standard InChI is InChI=1S/C19H15ClN2O5S2/c1-2-27-18(25)13-8-11(5-6-14(13)20)21-16(23)10-22-17(24)15(29-19(22)26)9-12-4-3-7-28-12/h3-9H,2,10H2,1H3,(H,21,23)/b15-9+. The molecule has 0 unspecified atom stereocenters. The smallest absolute Gasteiger partial charge is 0.339 e. The summed E-state index contributed by atoms with van der Waals surface area (Å²) in [6, 6.07) is 8.00. The maximum absolute atomic E-state index is 12.5. The van der Waals surface area contributed by atoms with Gasteiger partial charge in [-0.15, -0.1) is 11.3 Å². The third-order valence-corrected chi connectivity index (χ3v) is 5.79. The average molecular weight is 451 g/mol. The summed E-state index contributed by atoms with van der Waals surface area (Å²) in [5.41, 5.74) is 0.403. The number of carbonyl (C=O) groups excluding carboxylic acids is 4. The van der Waals surface area contributed by atoms with Crippen LogP contribution in [0.5, 0.6) is 0 Å². The van der Waals surface area contributed by atoms with Crippen LogP contribution in [0.25, 0.3) is 6.08 Å². The molecule has 1 saturated heterocycles. The van der Waals surface area contributed by atoms with E-state index in [9.17, 15) is 19.2 Å². The first-order valence-corrected chi connectivity index (χ1v) is 10.5. The number of imide groups is 1. The first-order valence-electron chi connectivity index (χ1n) is 8.44. The van der Waals surface area contributed by atoms with Gasteiger partial charge in [0.05, 0.1) is 22.1 Å². The topological polar surface area (TPSA) is 92.8 Å². The number of esters is 1. The number of nitrogens with zero attached hydrogens (tertiary/aromatic N) is 1. The van der Waals surface area contributed by atoms with Gasteiger partial charge in [0.2, 0.25) is 5.91 Å². The Balaban J connectivity index is 1.68. The monoisotopic (exact) mass is 450 g/mol. The lowest BCUT2D eigenvalue weighted by Gasteiger charge is -2.13. The molecular formula is C19H15ClN2O5S2. The van der Waals surface area contributed by atoms with E-state index in [0.29, 0.717) is 5.69 Å². The number of benzene rings is 1. The van der Waals surface area contributed by atoms with Crippen molar-refractivity contribution in [2.24, 2.45) is 0 Å². The lowest BCUT2D eigenvalue weighted by molar-refractivity contribution is -0.127. The molecule has 3 amide bonds. The molecule has 0 atom stereocenters. The summed E-state index contributed by atoms with van der Waals surface area (Å²) in [5, 5.41) is 4.09. The number of hydrogen-bond donors (Lipinski definition) is 1. The van der Waals surface area contributed by atoms with E-state index < -0.39 is 29.6 Å². The Morgan fingerprint density at radius 1 is 1.28 bits per heavy atom. The van der Waals surface area contributed by atoms with E-state index in [2.05, 4.69) is 5.32 Å².